The zero-order chi connectivity index (χ0) is 23.1. The van der Waals surface area contributed by atoms with Crippen LogP contribution in [-0.4, -0.2) is 80.2 Å². The summed E-state index contributed by atoms with van der Waals surface area (Å²) in [6, 6.07) is 3.34. The van der Waals surface area contributed by atoms with E-state index in [9.17, 15) is 9.59 Å². The molecule has 2 aliphatic heterocycles. The highest BCUT2D eigenvalue weighted by molar-refractivity contribution is 6.22. The minimum atomic E-state index is -0.532. The zero-order valence-corrected chi connectivity index (χ0v) is 19.4. The number of nitrogens with zero attached hydrogens (tertiary/aromatic N) is 4. The Morgan fingerprint density at radius 1 is 1.10 bits per heavy atom. The third-order valence-corrected chi connectivity index (χ3v) is 5.09. The number of rotatable bonds is 3. The van der Waals surface area contributed by atoms with Crippen LogP contribution in [0.3, 0.4) is 0 Å². The van der Waals surface area contributed by atoms with Crippen molar-refractivity contribution in [3.8, 4) is 11.5 Å². The Morgan fingerprint density at radius 2 is 1.71 bits per heavy atom. The average Bonchev–Trinajstić information content (AvgIpc) is 3.02. The molecule has 0 saturated carbocycles. The number of aliphatic imine (C=N–C) groups is 1. The number of carbonyl (C=O) groups excluding carboxylic acids is 2. The minimum absolute atomic E-state index is 0.270. The summed E-state index contributed by atoms with van der Waals surface area (Å²) < 4.78 is 17.1. The van der Waals surface area contributed by atoms with Gasteiger partial charge in [-0.15, -0.1) is 0 Å². The van der Waals surface area contributed by atoms with Crippen LogP contribution in [0.25, 0.3) is 5.57 Å². The quantitative estimate of drug-likeness (QED) is 0.732. The van der Waals surface area contributed by atoms with Gasteiger partial charge in [0.05, 0.1) is 11.1 Å². The fourth-order valence-corrected chi connectivity index (χ4v) is 3.26. The van der Waals surface area contributed by atoms with Crippen LogP contribution >= 0.6 is 0 Å². The van der Waals surface area contributed by atoms with Gasteiger partial charge < -0.3 is 28.9 Å². The Bertz CT molecular complexity index is 978. The molecule has 3 rings (SSSR count). The summed E-state index contributed by atoms with van der Waals surface area (Å²) in [5.74, 6) is 1.12. The molecule has 0 N–H and O–H groups in total. The largest absolute Gasteiger partial charge is 0.475 e. The molecular weight excluding hydrogens is 400 g/mol. The fourth-order valence-electron chi connectivity index (χ4n) is 3.26. The Morgan fingerprint density at radius 3 is 2.26 bits per heavy atom. The van der Waals surface area contributed by atoms with Crippen LogP contribution in [0.15, 0.2) is 22.8 Å². The Hall–Kier alpha value is -3.23. The second kappa shape index (κ2) is 8.13. The molecule has 0 aliphatic carbocycles. The topological polar surface area (TPSA) is 83.9 Å². The van der Waals surface area contributed by atoms with Crippen LogP contribution < -0.4 is 9.47 Å². The van der Waals surface area contributed by atoms with Crippen LogP contribution in [0.4, 0.5) is 9.59 Å². The summed E-state index contributed by atoms with van der Waals surface area (Å²) in [5.41, 5.74) is 2.97. The number of ether oxygens (including phenoxy) is 3. The second-order valence-electron chi connectivity index (χ2n) is 8.81. The van der Waals surface area contributed by atoms with Crippen LogP contribution in [0.1, 0.15) is 31.9 Å². The van der Waals surface area contributed by atoms with Crippen molar-refractivity contribution < 1.29 is 23.8 Å². The Labute approximate surface area is 182 Å². The predicted octanol–water partition coefficient (Wildman–Crippen LogP) is 3.19. The molecule has 0 spiro atoms. The van der Waals surface area contributed by atoms with E-state index in [-0.39, 0.29) is 11.3 Å². The molecule has 0 bridgehead atoms. The van der Waals surface area contributed by atoms with Gasteiger partial charge in [-0.3, -0.25) is 0 Å². The summed E-state index contributed by atoms with van der Waals surface area (Å²) in [4.78, 5) is 34.0. The summed E-state index contributed by atoms with van der Waals surface area (Å²) in [6.07, 6.45) is -1.06. The van der Waals surface area contributed by atoms with Gasteiger partial charge in [-0.2, -0.15) is 0 Å². The van der Waals surface area contributed by atoms with E-state index in [2.05, 4.69) is 0 Å². The van der Waals surface area contributed by atoms with Crippen molar-refractivity contribution in [3.05, 3.63) is 29.0 Å². The molecule has 168 valence electrons. The van der Waals surface area contributed by atoms with Crippen molar-refractivity contribution in [2.24, 2.45) is 4.99 Å². The molecule has 9 heteroatoms. The van der Waals surface area contributed by atoms with Crippen molar-refractivity contribution in [1.29, 1.82) is 0 Å². The maximum absolute atomic E-state index is 12.3. The number of hydrogen-bond donors (Lipinski definition) is 0. The molecule has 2 amide bonds. The van der Waals surface area contributed by atoms with Gasteiger partial charge in [0.15, 0.2) is 0 Å². The van der Waals surface area contributed by atoms with Gasteiger partial charge in [-0.1, -0.05) is 0 Å². The van der Waals surface area contributed by atoms with Gasteiger partial charge in [0, 0.05) is 64.7 Å². The van der Waals surface area contributed by atoms with E-state index < -0.39 is 12.2 Å². The lowest BCUT2D eigenvalue weighted by atomic mass is 9.92. The first-order valence-corrected chi connectivity index (χ1v) is 10.00. The number of benzene rings is 1. The van der Waals surface area contributed by atoms with E-state index in [0.717, 1.165) is 22.4 Å². The maximum Gasteiger partial charge on any atom is 0.414 e. The number of fused-ring (bicyclic) bond motifs is 1. The molecule has 0 radical (unpaired) electrons. The molecule has 0 saturated heterocycles. The molecule has 0 unspecified atom stereocenters. The average molecular weight is 431 g/mol. The third-order valence-electron chi connectivity index (χ3n) is 5.09. The van der Waals surface area contributed by atoms with E-state index in [1.54, 1.807) is 40.3 Å². The summed E-state index contributed by atoms with van der Waals surface area (Å²) in [5, 5.41) is 0. The molecule has 0 fully saturated rings. The zero-order valence-electron chi connectivity index (χ0n) is 19.4. The summed E-state index contributed by atoms with van der Waals surface area (Å²) >= 11 is 0. The Kier molecular flexibility index (Phi) is 5.89. The molecule has 31 heavy (non-hydrogen) atoms. The highest BCUT2D eigenvalue weighted by Gasteiger charge is 2.34. The first kappa shape index (κ1) is 22.5. The fraction of sp³-hybridized carbons (Fsp3) is 0.500. The van der Waals surface area contributed by atoms with E-state index in [1.165, 1.54) is 9.80 Å². The molecule has 0 aromatic heterocycles. The number of hydrogen-bond acceptors (Lipinski definition) is 7. The summed E-state index contributed by atoms with van der Waals surface area (Å²) in [7, 11) is 8.37. The van der Waals surface area contributed by atoms with Crippen LogP contribution in [-0.2, 0) is 11.3 Å². The standard InChI is InChI=1S/C22H30N4O5/c1-13-18(19-23-22(2,3)12-29-19)15-9-14(30-20(27)24(4)5)10-17(16(15)11-26(13)8)31-21(28)25(6)7/h9-10H,11-12H2,1-8H3. The molecule has 0 atom stereocenters. The van der Waals surface area contributed by atoms with Gasteiger partial charge in [0.25, 0.3) is 0 Å². The summed E-state index contributed by atoms with van der Waals surface area (Å²) in [6.45, 7) is 6.97. The minimum Gasteiger partial charge on any atom is -0.475 e. The van der Waals surface area contributed by atoms with Crippen molar-refractivity contribution >= 4 is 23.7 Å². The lowest BCUT2D eigenvalue weighted by molar-refractivity contribution is 0.169. The lowest BCUT2D eigenvalue weighted by Gasteiger charge is -2.31. The number of allylic oxidation sites excluding steroid dienone is 1. The van der Waals surface area contributed by atoms with Gasteiger partial charge in [-0.25, -0.2) is 14.6 Å². The first-order chi connectivity index (χ1) is 14.4. The molecular formula is C22H30N4O5. The SMILES string of the molecule is CC1=C(C2=NC(C)(C)CO2)c2cc(OC(=O)N(C)C)cc(OC(=O)N(C)C)c2CN1C. The monoisotopic (exact) mass is 430 g/mol. The van der Waals surface area contributed by atoms with Crippen molar-refractivity contribution in [2.75, 3.05) is 41.8 Å². The molecule has 1 aromatic rings. The van der Waals surface area contributed by atoms with Crippen molar-refractivity contribution in [2.45, 2.75) is 32.9 Å². The highest BCUT2D eigenvalue weighted by Crippen LogP contribution is 2.41. The molecule has 2 heterocycles. The highest BCUT2D eigenvalue weighted by atomic mass is 16.6. The van der Waals surface area contributed by atoms with Gasteiger partial charge in [-0.05, 0) is 26.8 Å². The molecule has 1 aromatic carbocycles. The van der Waals surface area contributed by atoms with E-state index in [1.807, 2.05) is 32.7 Å². The smallest absolute Gasteiger partial charge is 0.414 e. The second-order valence-corrected chi connectivity index (χ2v) is 8.81. The predicted molar refractivity (Wildman–Crippen MR) is 117 cm³/mol. The third kappa shape index (κ3) is 4.60. The van der Waals surface area contributed by atoms with Gasteiger partial charge in [0.1, 0.15) is 18.1 Å². The number of amides is 2. The Balaban J connectivity index is 2.18. The van der Waals surface area contributed by atoms with Crippen molar-refractivity contribution in [3.63, 3.8) is 0 Å². The van der Waals surface area contributed by atoms with Gasteiger partial charge >= 0.3 is 12.2 Å². The van der Waals surface area contributed by atoms with Crippen LogP contribution in [0, 0.1) is 0 Å². The van der Waals surface area contributed by atoms with E-state index >= 15 is 0 Å². The first-order valence-electron chi connectivity index (χ1n) is 10.00. The van der Waals surface area contributed by atoms with Crippen molar-refractivity contribution in [1.82, 2.24) is 14.7 Å². The number of carbonyl (C=O) groups is 2. The van der Waals surface area contributed by atoms with Crippen LogP contribution in [0.5, 0.6) is 11.5 Å². The van der Waals surface area contributed by atoms with E-state index in [4.69, 9.17) is 19.2 Å². The van der Waals surface area contributed by atoms with E-state index in [0.29, 0.717) is 24.8 Å². The lowest BCUT2D eigenvalue weighted by Crippen LogP contribution is -2.29. The van der Waals surface area contributed by atoms with Crippen LogP contribution in [0.2, 0.25) is 0 Å². The van der Waals surface area contributed by atoms with Gasteiger partial charge in [0.2, 0.25) is 5.90 Å². The molecule has 9 nitrogen and oxygen atoms in total. The maximum atomic E-state index is 12.3. The normalized spacial score (nSPS) is 16.9. The molecule has 2 aliphatic rings.